The van der Waals surface area contributed by atoms with Gasteiger partial charge in [-0.15, -0.1) is 11.3 Å². The van der Waals surface area contributed by atoms with Crippen LogP contribution in [0.4, 0.5) is 0 Å². The van der Waals surface area contributed by atoms with Crippen LogP contribution >= 0.6 is 11.3 Å². The molecule has 0 fully saturated rings. The number of allylic oxidation sites excluding steroid dienone is 1. The van der Waals surface area contributed by atoms with Crippen molar-refractivity contribution in [2.75, 3.05) is 0 Å². The number of rotatable bonds is 5. The monoisotopic (exact) mass is 661 g/mol. The Morgan fingerprint density at radius 2 is 1.38 bits per heavy atom. The van der Waals surface area contributed by atoms with Crippen LogP contribution in [0.1, 0.15) is 45.3 Å². The smallest absolute Gasteiger partial charge is 0.159 e. The fourth-order valence-electron chi connectivity index (χ4n) is 7.36. The van der Waals surface area contributed by atoms with Gasteiger partial charge in [0.15, 0.2) is 5.84 Å². The summed E-state index contributed by atoms with van der Waals surface area (Å²) in [6.07, 6.45) is 4.17. The van der Waals surface area contributed by atoms with E-state index in [9.17, 15) is 0 Å². The Morgan fingerprint density at radius 1 is 0.600 bits per heavy atom. The van der Waals surface area contributed by atoms with Crippen molar-refractivity contribution in [1.29, 1.82) is 0 Å². The lowest BCUT2D eigenvalue weighted by Crippen LogP contribution is -2.33. The van der Waals surface area contributed by atoms with Crippen LogP contribution < -0.4 is 5.32 Å². The number of aliphatic imine (C=N–C) groups is 2. The van der Waals surface area contributed by atoms with Crippen LogP contribution in [-0.2, 0) is 6.42 Å². The third kappa shape index (κ3) is 4.97. The highest BCUT2D eigenvalue weighted by atomic mass is 32.1. The minimum Gasteiger partial charge on any atom is -0.456 e. The van der Waals surface area contributed by atoms with Crippen LogP contribution in [0.3, 0.4) is 0 Å². The van der Waals surface area contributed by atoms with E-state index in [0.29, 0.717) is 5.84 Å². The number of aryl methyl sites for hydroxylation is 1. The summed E-state index contributed by atoms with van der Waals surface area (Å²) < 4.78 is 7.77. The Morgan fingerprint density at radius 3 is 2.26 bits per heavy atom. The number of nitrogens with one attached hydrogen (secondary N) is 1. The Balaban J connectivity index is 1.05. The van der Waals surface area contributed by atoms with Gasteiger partial charge in [0.05, 0.1) is 0 Å². The standard InChI is InChI=1S/C45H31N3OS/c1-3-11-28(12-4-1)30-22-24-39-38(26-30)35-23-21-33(27-40(35)49-39)45-47-43(29-13-5-2-6-14-29)46-44(48-45)32-16-9-15-31(25-32)34-18-10-19-37-36-17-7-8-20-41(36)50-42(34)37/h1-9,11-18,20-27,45H,10,19H2,(H,46,47,48). The number of nitrogens with zero attached hydrogens (tertiary/aromatic N) is 2. The second-order valence-electron chi connectivity index (χ2n) is 12.9. The van der Waals surface area contributed by atoms with Crippen LogP contribution in [0.15, 0.2) is 166 Å². The Bertz CT molecular complexity index is 2680. The van der Waals surface area contributed by atoms with Crippen molar-refractivity contribution in [3.63, 3.8) is 0 Å². The molecule has 6 aromatic carbocycles. The van der Waals surface area contributed by atoms with Gasteiger partial charge in [0.2, 0.25) is 0 Å². The van der Waals surface area contributed by atoms with Crippen LogP contribution in [0, 0.1) is 0 Å². The molecule has 2 aromatic heterocycles. The summed E-state index contributed by atoms with van der Waals surface area (Å²) in [6, 6.07) is 51.1. The number of furan rings is 1. The molecule has 1 N–H and O–H groups in total. The van der Waals surface area contributed by atoms with Gasteiger partial charge in [-0.25, -0.2) is 9.98 Å². The maximum absolute atomic E-state index is 6.42. The van der Waals surface area contributed by atoms with Crippen molar-refractivity contribution in [3.8, 4) is 11.1 Å². The molecule has 1 unspecified atom stereocenters. The average Bonchev–Trinajstić information content (AvgIpc) is 3.76. The molecule has 0 radical (unpaired) electrons. The maximum atomic E-state index is 6.42. The molecule has 0 amide bonds. The van der Waals surface area contributed by atoms with Gasteiger partial charge in [0, 0.05) is 37.0 Å². The Labute approximate surface area is 293 Å². The third-order valence-electron chi connectivity index (χ3n) is 9.83. The highest BCUT2D eigenvalue weighted by molar-refractivity contribution is 7.20. The molecule has 3 heterocycles. The van der Waals surface area contributed by atoms with Crippen LogP contribution in [0.2, 0.25) is 0 Å². The van der Waals surface area contributed by atoms with E-state index in [1.807, 2.05) is 35.6 Å². The molecule has 1 aliphatic heterocycles. The molecule has 1 atom stereocenters. The minimum atomic E-state index is -0.345. The summed E-state index contributed by atoms with van der Waals surface area (Å²) in [7, 11) is 0. The van der Waals surface area contributed by atoms with Crippen LogP contribution in [0.25, 0.3) is 48.7 Å². The first-order valence-corrected chi connectivity index (χ1v) is 17.9. The number of hydrogen-bond acceptors (Lipinski definition) is 5. The number of benzene rings is 6. The zero-order chi connectivity index (χ0) is 33.0. The second kappa shape index (κ2) is 11.8. The molecular formula is C45H31N3OS. The van der Waals surface area contributed by atoms with Crippen molar-refractivity contribution < 1.29 is 4.42 Å². The normalized spacial score (nSPS) is 15.8. The van der Waals surface area contributed by atoms with Crippen molar-refractivity contribution in [2.45, 2.75) is 19.0 Å². The SMILES string of the molecule is C1=C(c2cccc(C3=NC(c4ccc5c(c4)oc4ccc(-c6ccccc6)cc45)NC(c4ccccc4)=N3)c2)c2sc3ccccc3c2CC1. The van der Waals surface area contributed by atoms with Crippen molar-refractivity contribution in [1.82, 2.24) is 5.32 Å². The van der Waals surface area contributed by atoms with E-state index in [-0.39, 0.29) is 6.17 Å². The summed E-state index contributed by atoms with van der Waals surface area (Å²) in [5.74, 6) is 1.51. The van der Waals surface area contributed by atoms with Gasteiger partial charge in [0.1, 0.15) is 23.2 Å². The van der Waals surface area contributed by atoms with E-state index < -0.39 is 0 Å². The van der Waals surface area contributed by atoms with E-state index in [1.165, 1.54) is 42.8 Å². The van der Waals surface area contributed by atoms with Crippen molar-refractivity contribution in [2.24, 2.45) is 9.98 Å². The number of amidine groups is 2. The lowest BCUT2D eigenvalue weighted by Gasteiger charge is -2.24. The molecule has 238 valence electrons. The zero-order valence-electron chi connectivity index (χ0n) is 27.1. The summed E-state index contributed by atoms with van der Waals surface area (Å²) in [5.41, 5.74) is 11.1. The van der Waals surface area contributed by atoms with Gasteiger partial charge in [0.25, 0.3) is 0 Å². The second-order valence-corrected chi connectivity index (χ2v) is 14.0. The molecule has 50 heavy (non-hydrogen) atoms. The predicted octanol–water partition coefficient (Wildman–Crippen LogP) is 11.3. The fourth-order valence-corrected chi connectivity index (χ4v) is 8.67. The molecule has 1 aliphatic carbocycles. The maximum Gasteiger partial charge on any atom is 0.159 e. The average molecular weight is 662 g/mol. The van der Waals surface area contributed by atoms with E-state index >= 15 is 0 Å². The largest absolute Gasteiger partial charge is 0.456 e. The molecule has 10 rings (SSSR count). The number of hydrogen-bond donors (Lipinski definition) is 1. The van der Waals surface area contributed by atoms with Crippen LogP contribution in [0.5, 0.6) is 0 Å². The van der Waals surface area contributed by atoms with Gasteiger partial charge >= 0.3 is 0 Å². The molecule has 0 bridgehead atoms. The van der Waals surface area contributed by atoms with Gasteiger partial charge in [-0.05, 0) is 76.4 Å². The van der Waals surface area contributed by atoms with E-state index in [1.54, 1.807) is 0 Å². The van der Waals surface area contributed by atoms with Gasteiger partial charge in [-0.2, -0.15) is 0 Å². The van der Waals surface area contributed by atoms with Gasteiger partial charge < -0.3 is 9.73 Å². The minimum absolute atomic E-state index is 0.345. The molecule has 0 saturated heterocycles. The summed E-state index contributed by atoms with van der Waals surface area (Å²) in [4.78, 5) is 11.7. The molecule has 2 aliphatic rings. The van der Waals surface area contributed by atoms with E-state index in [0.717, 1.165) is 57.3 Å². The third-order valence-corrected chi connectivity index (χ3v) is 11.1. The lowest BCUT2D eigenvalue weighted by atomic mass is 9.91. The van der Waals surface area contributed by atoms with Gasteiger partial charge in [-0.3, -0.25) is 0 Å². The van der Waals surface area contributed by atoms with Gasteiger partial charge in [-0.1, -0.05) is 121 Å². The van der Waals surface area contributed by atoms with Crippen LogP contribution in [-0.4, -0.2) is 11.7 Å². The molecule has 8 aromatic rings. The lowest BCUT2D eigenvalue weighted by molar-refractivity contribution is 0.655. The van der Waals surface area contributed by atoms with Crippen molar-refractivity contribution >= 4 is 60.6 Å². The topological polar surface area (TPSA) is 49.9 Å². The van der Waals surface area contributed by atoms with Crippen molar-refractivity contribution in [3.05, 3.63) is 184 Å². The first kappa shape index (κ1) is 28.9. The number of fused-ring (bicyclic) bond motifs is 6. The Kier molecular flexibility index (Phi) is 6.84. The van der Waals surface area contributed by atoms with E-state index in [4.69, 9.17) is 14.4 Å². The Hall–Kier alpha value is -6.04. The molecule has 0 saturated carbocycles. The summed E-state index contributed by atoms with van der Waals surface area (Å²) in [5, 5.41) is 7.21. The highest BCUT2D eigenvalue weighted by Crippen LogP contribution is 2.42. The quantitative estimate of drug-likeness (QED) is 0.200. The number of thiophene rings is 1. The summed E-state index contributed by atoms with van der Waals surface area (Å²) >= 11 is 1.90. The molecule has 0 spiro atoms. The van der Waals surface area contributed by atoms with E-state index in [2.05, 4.69) is 133 Å². The first-order valence-electron chi connectivity index (χ1n) is 17.1. The highest BCUT2D eigenvalue weighted by Gasteiger charge is 2.24. The first-order chi connectivity index (χ1) is 24.7. The predicted molar refractivity (Wildman–Crippen MR) is 208 cm³/mol. The molecular weight excluding hydrogens is 631 g/mol. The zero-order valence-corrected chi connectivity index (χ0v) is 28.0. The summed E-state index contributed by atoms with van der Waals surface area (Å²) in [6.45, 7) is 0. The fraction of sp³-hybridized carbons (Fsp3) is 0.0667. The molecule has 5 heteroatoms. The molecule has 4 nitrogen and oxygen atoms in total.